The van der Waals surface area contributed by atoms with Gasteiger partial charge in [-0.1, -0.05) is 54.2 Å². The molecule has 1 fully saturated rings. The number of anilines is 1. The van der Waals surface area contributed by atoms with Crippen LogP contribution in [0.4, 0.5) is 18.9 Å². The van der Waals surface area contributed by atoms with E-state index in [1.54, 1.807) is 6.08 Å². The van der Waals surface area contributed by atoms with Gasteiger partial charge in [0.05, 0.1) is 5.56 Å². The Morgan fingerprint density at radius 2 is 1.94 bits per heavy atom. The number of hydrogen-bond acceptors (Lipinski definition) is 5. The van der Waals surface area contributed by atoms with Crippen molar-refractivity contribution in [3.05, 3.63) is 71.8 Å². The molecule has 6 nitrogen and oxygen atoms in total. The second kappa shape index (κ2) is 10.1. The maximum absolute atomic E-state index is 12.8. The molecule has 3 rings (SSSR count). The highest BCUT2D eigenvalue weighted by atomic mass is 32.2. The van der Waals surface area contributed by atoms with Gasteiger partial charge < -0.3 is 10.6 Å². The first-order valence-electron chi connectivity index (χ1n) is 9.08. The van der Waals surface area contributed by atoms with E-state index >= 15 is 0 Å². The van der Waals surface area contributed by atoms with E-state index in [1.165, 1.54) is 18.3 Å². The molecule has 2 N–H and O–H groups in total. The first kappa shape index (κ1) is 22.3. The lowest BCUT2D eigenvalue weighted by Crippen LogP contribution is -2.28. The molecular weight excluding hydrogens is 429 g/mol. The highest BCUT2D eigenvalue weighted by Crippen LogP contribution is 2.31. The molecular formula is C21H17F3N4O2S. The number of allylic oxidation sites excluding steroid dienone is 1. The summed E-state index contributed by atoms with van der Waals surface area (Å²) in [5.41, 5.74) is 0.135. The average Bonchev–Trinajstić information content (AvgIpc) is 3.07. The second-order valence-corrected chi connectivity index (χ2v) is 7.56. The molecule has 0 bridgehead atoms. The summed E-state index contributed by atoms with van der Waals surface area (Å²) in [6.07, 6.45) is 0.264. The number of nitrogens with one attached hydrogen (secondary N) is 2. The zero-order valence-corrected chi connectivity index (χ0v) is 16.8. The number of hydrogen-bond donors (Lipinski definition) is 2. The van der Waals surface area contributed by atoms with Gasteiger partial charge in [0, 0.05) is 18.3 Å². The third-order valence-electron chi connectivity index (χ3n) is 4.01. The zero-order chi connectivity index (χ0) is 22.3. The van der Waals surface area contributed by atoms with Crippen LogP contribution in [0.1, 0.15) is 17.5 Å². The maximum Gasteiger partial charge on any atom is 0.416 e. The lowest BCUT2D eigenvalue weighted by molar-refractivity contribution is -0.137. The number of halogens is 3. The molecule has 0 aromatic heterocycles. The number of carbonyl (C=O) groups excluding carboxylic acids is 2. The summed E-state index contributed by atoms with van der Waals surface area (Å²) in [6.45, 7) is 0. The largest absolute Gasteiger partial charge is 0.416 e. The van der Waals surface area contributed by atoms with Crippen LogP contribution < -0.4 is 10.6 Å². The van der Waals surface area contributed by atoms with Crippen molar-refractivity contribution in [1.82, 2.24) is 5.32 Å². The Bertz CT molecular complexity index is 1040. The molecule has 2 aromatic carbocycles. The van der Waals surface area contributed by atoms with Crippen molar-refractivity contribution in [3.8, 4) is 0 Å². The molecule has 0 saturated carbocycles. The van der Waals surface area contributed by atoms with Gasteiger partial charge in [-0.15, -0.1) is 5.10 Å². The van der Waals surface area contributed by atoms with Crippen LogP contribution in [0.2, 0.25) is 0 Å². The van der Waals surface area contributed by atoms with Crippen molar-refractivity contribution >= 4 is 46.7 Å². The first-order valence-corrected chi connectivity index (χ1v) is 9.96. The Balaban J connectivity index is 1.52. The SMILES string of the molecule is O=C(CC1S/C(=N/N=C/C=C/c2ccccc2)NC1=O)Nc1cccc(C(F)(F)F)c1. The zero-order valence-electron chi connectivity index (χ0n) is 16.0. The Morgan fingerprint density at radius 1 is 1.16 bits per heavy atom. The van der Waals surface area contributed by atoms with Gasteiger partial charge in [0.1, 0.15) is 5.25 Å². The number of carbonyl (C=O) groups is 2. The van der Waals surface area contributed by atoms with E-state index in [9.17, 15) is 22.8 Å². The van der Waals surface area contributed by atoms with Crippen LogP contribution >= 0.6 is 11.8 Å². The van der Waals surface area contributed by atoms with Crippen LogP contribution in [0.15, 0.2) is 70.9 Å². The van der Waals surface area contributed by atoms with E-state index in [4.69, 9.17) is 0 Å². The lowest BCUT2D eigenvalue weighted by Gasteiger charge is -2.10. The van der Waals surface area contributed by atoms with E-state index in [0.29, 0.717) is 0 Å². The maximum atomic E-state index is 12.8. The number of rotatable bonds is 6. The van der Waals surface area contributed by atoms with Crippen molar-refractivity contribution in [2.45, 2.75) is 17.8 Å². The third kappa shape index (κ3) is 6.82. The molecule has 1 heterocycles. The Kier molecular flexibility index (Phi) is 7.24. The topological polar surface area (TPSA) is 82.9 Å². The molecule has 10 heteroatoms. The standard InChI is InChI=1S/C21H17F3N4O2S/c22-21(23,24)15-9-4-10-16(12-15)26-18(29)13-17-19(30)27-20(31-17)28-25-11-5-8-14-6-2-1-3-7-14/h1-12,17H,13H2,(H,26,29)(H,27,28,30)/b8-5+,25-11+. The lowest BCUT2D eigenvalue weighted by atomic mass is 10.2. The fourth-order valence-corrected chi connectivity index (χ4v) is 3.51. The van der Waals surface area contributed by atoms with Crippen LogP contribution in [0.3, 0.4) is 0 Å². The molecule has 31 heavy (non-hydrogen) atoms. The Morgan fingerprint density at radius 3 is 2.68 bits per heavy atom. The summed E-state index contributed by atoms with van der Waals surface area (Å²) in [5, 5.41) is 12.1. The molecule has 1 aliphatic rings. The molecule has 0 radical (unpaired) electrons. The molecule has 1 unspecified atom stereocenters. The number of amidine groups is 1. The monoisotopic (exact) mass is 446 g/mol. The highest BCUT2D eigenvalue weighted by molar-refractivity contribution is 8.15. The summed E-state index contributed by atoms with van der Waals surface area (Å²) in [7, 11) is 0. The molecule has 0 aliphatic carbocycles. The van der Waals surface area contributed by atoms with Crippen LogP contribution in [0.25, 0.3) is 6.08 Å². The van der Waals surface area contributed by atoms with Gasteiger partial charge in [0.2, 0.25) is 11.8 Å². The molecule has 160 valence electrons. The molecule has 2 amide bonds. The van der Waals surface area contributed by atoms with Crippen molar-refractivity contribution in [1.29, 1.82) is 0 Å². The molecule has 1 aliphatic heterocycles. The van der Waals surface area contributed by atoms with Gasteiger partial charge in [0.25, 0.3) is 0 Å². The number of amides is 2. The van der Waals surface area contributed by atoms with E-state index in [2.05, 4.69) is 20.8 Å². The predicted molar refractivity (Wildman–Crippen MR) is 116 cm³/mol. The quantitative estimate of drug-likeness (QED) is 0.512. The fraction of sp³-hybridized carbons (Fsp3) is 0.143. The van der Waals surface area contributed by atoms with Gasteiger partial charge in [-0.25, -0.2) is 0 Å². The molecule has 1 saturated heterocycles. The minimum Gasteiger partial charge on any atom is -0.326 e. The minimum atomic E-state index is -4.51. The first-order chi connectivity index (χ1) is 14.8. The average molecular weight is 446 g/mol. The Labute approximate surface area is 180 Å². The van der Waals surface area contributed by atoms with Gasteiger partial charge in [0.15, 0.2) is 5.17 Å². The van der Waals surface area contributed by atoms with Crippen molar-refractivity contribution in [3.63, 3.8) is 0 Å². The summed E-state index contributed by atoms with van der Waals surface area (Å²) >= 11 is 1.03. The number of nitrogens with zero attached hydrogens (tertiary/aromatic N) is 2. The highest BCUT2D eigenvalue weighted by Gasteiger charge is 2.33. The summed E-state index contributed by atoms with van der Waals surface area (Å²) in [4.78, 5) is 24.2. The van der Waals surface area contributed by atoms with Gasteiger partial charge in [-0.3, -0.25) is 9.59 Å². The minimum absolute atomic E-state index is 0.00641. The Hall–Kier alpha value is -3.40. The molecule has 1 atom stereocenters. The second-order valence-electron chi connectivity index (χ2n) is 6.37. The molecule has 0 spiro atoms. The summed E-state index contributed by atoms with van der Waals surface area (Å²) < 4.78 is 38.3. The summed E-state index contributed by atoms with van der Waals surface area (Å²) in [5.74, 6) is -1.000. The van der Waals surface area contributed by atoms with Gasteiger partial charge in [-0.2, -0.15) is 18.3 Å². The number of benzene rings is 2. The van der Waals surface area contributed by atoms with E-state index in [0.717, 1.165) is 29.5 Å². The van der Waals surface area contributed by atoms with E-state index in [1.807, 2.05) is 36.4 Å². The van der Waals surface area contributed by atoms with Gasteiger partial charge in [-0.05, 0) is 29.8 Å². The van der Waals surface area contributed by atoms with Crippen LogP contribution in [0.5, 0.6) is 0 Å². The normalized spacial score (nSPS) is 18.1. The molecule has 2 aromatic rings. The van der Waals surface area contributed by atoms with Crippen LogP contribution in [-0.4, -0.2) is 28.4 Å². The van der Waals surface area contributed by atoms with Crippen LogP contribution in [-0.2, 0) is 15.8 Å². The van der Waals surface area contributed by atoms with Gasteiger partial charge >= 0.3 is 6.18 Å². The predicted octanol–water partition coefficient (Wildman–Crippen LogP) is 4.32. The fourth-order valence-electron chi connectivity index (χ4n) is 2.58. The van der Waals surface area contributed by atoms with Crippen molar-refractivity contribution in [2.75, 3.05) is 5.32 Å². The number of thioether (sulfide) groups is 1. The van der Waals surface area contributed by atoms with Crippen molar-refractivity contribution in [2.24, 2.45) is 10.2 Å². The van der Waals surface area contributed by atoms with E-state index in [-0.39, 0.29) is 17.3 Å². The third-order valence-corrected chi connectivity index (χ3v) is 5.08. The van der Waals surface area contributed by atoms with Crippen LogP contribution in [0, 0.1) is 0 Å². The number of alkyl halides is 3. The van der Waals surface area contributed by atoms with Crippen molar-refractivity contribution < 1.29 is 22.8 Å². The van der Waals surface area contributed by atoms with E-state index < -0.39 is 28.8 Å². The summed E-state index contributed by atoms with van der Waals surface area (Å²) in [6, 6.07) is 13.9. The smallest absolute Gasteiger partial charge is 0.326 e.